The molecule has 0 spiro atoms. The van der Waals surface area contributed by atoms with Crippen LogP contribution in [0, 0.1) is 0 Å². The van der Waals surface area contributed by atoms with Crippen LogP contribution in [0.3, 0.4) is 0 Å². The third-order valence-corrected chi connectivity index (χ3v) is 12.3. The molecule has 0 radical (unpaired) electrons. The summed E-state index contributed by atoms with van der Waals surface area (Å²) < 4.78 is 0. The fraction of sp³-hybridized carbons (Fsp3) is 0.0526. The summed E-state index contributed by atoms with van der Waals surface area (Å²) in [5, 5.41) is 4.91. The van der Waals surface area contributed by atoms with Gasteiger partial charge in [-0.3, -0.25) is 0 Å². The zero-order valence-corrected chi connectivity index (χ0v) is 33.0. The fourth-order valence-corrected chi connectivity index (χ4v) is 9.51. The van der Waals surface area contributed by atoms with E-state index in [-0.39, 0.29) is 5.41 Å². The second kappa shape index (κ2) is 13.9. The monoisotopic (exact) mass is 752 g/mol. The summed E-state index contributed by atoms with van der Waals surface area (Å²) in [5.41, 5.74) is 17.3. The number of fused-ring (bicyclic) bond motifs is 6. The van der Waals surface area contributed by atoms with E-state index in [4.69, 9.17) is 9.97 Å². The van der Waals surface area contributed by atoms with E-state index in [2.05, 4.69) is 220 Å². The summed E-state index contributed by atoms with van der Waals surface area (Å²) in [6, 6.07) is 74.2. The van der Waals surface area contributed by atoms with E-state index in [9.17, 15) is 0 Å². The lowest BCUT2D eigenvalue weighted by atomic mass is 9.80. The highest BCUT2D eigenvalue weighted by Gasteiger charge is 2.38. The van der Waals surface area contributed by atoms with Crippen LogP contribution >= 0.6 is 0 Å². The summed E-state index contributed by atoms with van der Waals surface area (Å²) in [4.78, 5) is 10.7. The van der Waals surface area contributed by atoms with Gasteiger partial charge in [0, 0.05) is 22.1 Å². The number of hydrogen-bond donors (Lipinski definition) is 0. The molecule has 278 valence electrons. The average molecular weight is 753 g/mol. The lowest BCUT2D eigenvalue weighted by molar-refractivity contribution is 0.666. The van der Waals surface area contributed by atoms with E-state index in [0.717, 1.165) is 33.5 Å². The van der Waals surface area contributed by atoms with Gasteiger partial charge in [-0.25, -0.2) is 9.97 Å². The molecule has 0 N–H and O–H groups in total. The Bertz CT molecular complexity index is 3220. The molecule has 1 heterocycles. The molecule has 10 aromatic rings. The highest BCUT2D eigenvalue weighted by molar-refractivity contribution is 6.09. The molecule has 1 aliphatic carbocycles. The molecule has 0 fully saturated rings. The van der Waals surface area contributed by atoms with Gasteiger partial charge >= 0.3 is 0 Å². The molecule has 0 bridgehead atoms. The quantitative estimate of drug-likeness (QED) is 0.169. The van der Waals surface area contributed by atoms with Gasteiger partial charge in [0.05, 0.1) is 11.4 Å². The van der Waals surface area contributed by atoms with Crippen molar-refractivity contribution in [1.82, 2.24) is 9.97 Å². The van der Waals surface area contributed by atoms with Gasteiger partial charge < -0.3 is 0 Å². The molecule has 0 saturated heterocycles. The van der Waals surface area contributed by atoms with Crippen molar-refractivity contribution in [3.63, 3.8) is 0 Å². The Hall–Kier alpha value is -7.42. The zero-order valence-electron chi connectivity index (χ0n) is 33.0. The first kappa shape index (κ1) is 34.8. The molecule has 0 atom stereocenters. The molecule has 0 amide bonds. The van der Waals surface area contributed by atoms with Gasteiger partial charge in [0.15, 0.2) is 5.82 Å². The molecule has 9 aromatic carbocycles. The first-order valence-corrected chi connectivity index (χ1v) is 20.4. The summed E-state index contributed by atoms with van der Waals surface area (Å²) >= 11 is 0. The van der Waals surface area contributed by atoms with Crippen molar-refractivity contribution in [3.8, 4) is 78.4 Å². The van der Waals surface area contributed by atoms with E-state index < -0.39 is 0 Å². The number of aromatic nitrogens is 2. The van der Waals surface area contributed by atoms with Crippen LogP contribution in [0.25, 0.3) is 100.0 Å². The molecule has 0 saturated carbocycles. The van der Waals surface area contributed by atoms with Gasteiger partial charge in [-0.2, -0.15) is 0 Å². The molecule has 0 aliphatic heterocycles. The van der Waals surface area contributed by atoms with Crippen LogP contribution in [-0.2, 0) is 5.41 Å². The standard InChI is InChI=1S/C57H40N2/c1-57(2)51-28-16-27-47(54(51)49-32-29-39-21-12-13-24-43(39)55(49)57)46-33-34-48(45-26-15-14-25-44(45)46)56-58-52(40-22-10-5-11-23-40)36-53(59-56)41-30-31-42(37-17-6-3-7-18-37)50(35-41)38-19-8-4-9-20-38/h3-36H,1-2H3. The zero-order chi connectivity index (χ0) is 39.5. The maximum Gasteiger partial charge on any atom is 0.161 e. The van der Waals surface area contributed by atoms with Crippen LogP contribution in [-0.4, -0.2) is 9.97 Å². The molecule has 59 heavy (non-hydrogen) atoms. The molecule has 1 aliphatic rings. The first-order valence-electron chi connectivity index (χ1n) is 20.4. The Kier molecular flexibility index (Phi) is 8.20. The number of nitrogens with zero attached hydrogens (tertiary/aromatic N) is 2. The van der Waals surface area contributed by atoms with Crippen LogP contribution in [0.1, 0.15) is 25.0 Å². The van der Waals surface area contributed by atoms with Crippen LogP contribution in [0.5, 0.6) is 0 Å². The summed E-state index contributed by atoms with van der Waals surface area (Å²) in [6.45, 7) is 4.75. The second-order valence-electron chi connectivity index (χ2n) is 16.1. The van der Waals surface area contributed by atoms with E-state index in [0.29, 0.717) is 5.82 Å². The van der Waals surface area contributed by atoms with Crippen molar-refractivity contribution >= 4 is 21.5 Å². The average Bonchev–Trinajstić information content (AvgIpc) is 3.55. The SMILES string of the molecule is CC1(C)c2cccc(-c3ccc(-c4nc(-c5ccccc5)cc(-c5ccc(-c6ccccc6)c(-c6ccccc6)c5)n4)c4ccccc34)c2-c2ccc3ccccc3c21. The minimum atomic E-state index is -0.140. The Labute approximate surface area is 345 Å². The molecule has 11 rings (SSSR count). The van der Waals surface area contributed by atoms with Gasteiger partial charge in [-0.1, -0.05) is 202 Å². The predicted molar refractivity (Wildman–Crippen MR) is 247 cm³/mol. The van der Waals surface area contributed by atoms with Crippen LogP contribution in [0.2, 0.25) is 0 Å². The maximum atomic E-state index is 5.41. The molecule has 2 heteroatoms. The Morgan fingerprint density at radius 2 is 0.881 bits per heavy atom. The minimum Gasteiger partial charge on any atom is -0.228 e. The third-order valence-electron chi connectivity index (χ3n) is 12.3. The Morgan fingerprint density at radius 3 is 1.59 bits per heavy atom. The molecule has 0 unspecified atom stereocenters. The molecule has 1 aromatic heterocycles. The highest BCUT2D eigenvalue weighted by Crippen LogP contribution is 2.55. The van der Waals surface area contributed by atoms with E-state index >= 15 is 0 Å². The third kappa shape index (κ3) is 5.79. The highest BCUT2D eigenvalue weighted by atomic mass is 14.9. The largest absolute Gasteiger partial charge is 0.228 e. The molecule has 2 nitrogen and oxygen atoms in total. The Balaban J connectivity index is 1.10. The van der Waals surface area contributed by atoms with Crippen LogP contribution < -0.4 is 0 Å². The van der Waals surface area contributed by atoms with Crippen molar-refractivity contribution in [2.75, 3.05) is 0 Å². The number of rotatable bonds is 6. The Morgan fingerprint density at radius 1 is 0.339 bits per heavy atom. The normalized spacial score (nSPS) is 12.7. The van der Waals surface area contributed by atoms with Gasteiger partial charge in [0.2, 0.25) is 0 Å². The number of benzene rings is 9. The van der Waals surface area contributed by atoms with Crippen molar-refractivity contribution in [3.05, 3.63) is 217 Å². The van der Waals surface area contributed by atoms with Crippen LogP contribution in [0.15, 0.2) is 206 Å². The number of hydrogen-bond acceptors (Lipinski definition) is 2. The van der Waals surface area contributed by atoms with E-state index in [1.165, 1.54) is 71.8 Å². The van der Waals surface area contributed by atoms with Gasteiger partial charge in [0.25, 0.3) is 0 Å². The topological polar surface area (TPSA) is 25.8 Å². The van der Waals surface area contributed by atoms with Gasteiger partial charge in [-0.05, 0) is 95.4 Å². The first-order chi connectivity index (χ1) is 29.0. The van der Waals surface area contributed by atoms with E-state index in [1.54, 1.807) is 0 Å². The fourth-order valence-electron chi connectivity index (χ4n) is 9.51. The van der Waals surface area contributed by atoms with Crippen molar-refractivity contribution in [2.45, 2.75) is 19.3 Å². The maximum absolute atomic E-state index is 5.41. The van der Waals surface area contributed by atoms with Crippen molar-refractivity contribution < 1.29 is 0 Å². The second-order valence-corrected chi connectivity index (χ2v) is 16.1. The van der Waals surface area contributed by atoms with E-state index in [1.807, 2.05) is 0 Å². The predicted octanol–water partition coefficient (Wildman–Crippen LogP) is 15.1. The van der Waals surface area contributed by atoms with Crippen LogP contribution in [0.4, 0.5) is 0 Å². The van der Waals surface area contributed by atoms with Gasteiger partial charge in [-0.15, -0.1) is 0 Å². The summed E-state index contributed by atoms with van der Waals surface area (Å²) in [6.07, 6.45) is 0. The minimum absolute atomic E-state index is 0.140. The molecular formula is C57H40N2. The lowest BCUT2D eigenvalue weighted by Crippen LogP contribution is -2.15. The van der Waals surface area contributed by atoms with Crippen molar-refractivity contribution in [2.24, 2.45) is 0 Å². The van der Waals surface area contributed by atoms with Gasteiger partial charge in [0.1, 0.15) is 0 Å². The van der Waals surface area contributed by atoms with Crippen molar-refractivity contribution in [1.29, 1.82) is 0 Å². The smallest absolute Gasteiger partial charge is 0.161 e. The summed E-state index contributed by atoms with van der Waals surface area (Å²) in [7, 11) is 0. The molecular weight excluding hydrogens is 713 g/mol. The summed E-state index contributed by atoms with van der Waals surface area (Å²) in [5.74, 6) is 0.703. The lowest BCUT2D eigenvalue weighted by Gasteiger charge is -2.23.